The van der Waals surface area contributed by atoms with E-state index < -0.39 is 11.8 Å². The Labute approximate surface area is 236 Å². The van der Waals surface area contributed by atoms with Gasteiger partial charge >= 0.3 is 5.97 Å². The lowest BCUT2D eigenvalue weighted by molar-refractivity contribution is -0.146. The lowest BCUT2D eigenvalue weighted by atomic mass is 9.69. The number of hydrogen-bond acceptors (Lipinski definition) is 6. The summed E-state index contributed by atoms with van der Waals surface area (Å²) in [5, 5.41) is 0. The van der Waals surface area contributed by atoms with Crippen LogP contribution in [0.15, 0.2) is 95.1 Å². The lowest BCUT2D eigenvalue weighted by Crippen LogP contribution is -2.38. The minimum Gasteiger partial charge on any atom is -0.497 e. The molecule has 0 N–H and O–H groups in total. The van der Waals surface area contributed by atoms with Gasteiger partial charge < -0.3 is 14.4 Å². The summed E-state index contributed by atoms with van der Waals surface area (Å²) in [7, 11) is 5.62. The normalized spacial score (nSPS) is 20.4. The quantitative estimate of drug-likeness (QED) is 0.325. The van der Waals surface area contributed by atoms with E-state index in [0.29, 0.717) is 30.5 Å². The zero-order valence-corrected chi connectivity index (χ0v) is 23.6. The molecule has 5 rings (SSSR count). The molecule has 0 radical (unpaired) electrons. The number of aliphatic imine (C=N–C) groups is 1. The maximum Gasteiger partial charge on any atom is 0.315 e. The summed E-state index contributed by atoms with van der Waals surface area (Å²) in [5.74, 6) is -0.567. The van der Waals surface area contributed by atoms with Crippen molar-refractivity contribution >= 4 is 23.2 Å². The van der Waals surface area contributed by atoms with Crippen LogP contribution in [-0.2, 0) is 20.7 Å². The minimum absolute atomic E-state index is 0.0276. The first-order valence-corrected chi connectivity index (χ1v) is 13.8. The highest BCUT2D eigenvalue weighted by atomic mass is 16.5. The Bertz CT molecular complexity index is 1420. The van der Waals surface area contributed by atoms with E-state index in [0.717, 1.165) is 33.8 Å². The second-order valence-corrected chi connectivity index (χ2v) is 10.8. The van der Waals surface area contributed by atoms with Gasteiger partial charge in [-0.25, -0.2) is 0 Å². The first-order chi connectivity index (χ1) is 19.4. The lowest BCUT2D eigenvalue weighted by Gasteiger charge is -2.36. The molecular weight excluding hydrogens is 500 g/mol. The van der Waals surface area contributed by atoms with Gasteiger partial charge in [0.05, 0.1) is 13.7 Å². The van der Waals surface area contributed by atoms with E-state index in [-0.39, 0.29) is 24.3 Å². The van der Waals surface area contributed by atoms with Gasteiger partial charge in [-0.2, -0.15) is 0 Å². The highest BCUT2D eigenvalue weighted by Gasteiger charge is 2.44. The van der Waals surface area contributed by atoms with Gasteiger partial charge in [0.15, 0.2) is 5.78 Å². The van der Waals surface area contributed by atoms with Crippen molar-refractivity contribution in [2.45, 2.75) is 38.0 Å². The average molecular weight is 537 g/mol. The van der Waals surface area contributed by atoms with Crippen LogP contribution in [-0.4, -0.2) is 45.3 Å². The third-order valence-electron chi connectivity index (χ3n) is 7.98. The molecule has 1 aliphatic heterocycles. The third-order valence-corrected chi connectivity index (χ3v) is 7.98. The first-order valence-electron chi connectivity index (χ1n) is 13.8. The number of benzene rings is 3. The summed E-state index contributed by atoms with van der Waals surface area (Å²) < 4.78 is 11.1. The summed E-state index contributed by atoms with van der Waals surface area (Å²) in [6.45, 7) is 2.16. The number of ether oxygens (including phenoxy) is 2. The Morgan fingerprint density at radius 1 is 0.925 bits per heavy atom. The maximum absolute atomic E-state index is 13.9. The van der Waals surface area contributed by atoms with E-state index in [4.69, 9.17) is 14.5 Å². The number of carbonyl (C=O) groups is 2. The number of methoxy groups -OCH3 is 1. The fourth-order valence-electron chi connectivity index (χ4n) is 5.82. The molecule has 3 aromatic carbocycles. The number of Topliss-reactive ketones (excluding diaryl/α,β-unsaturated/α-hetero) is 1. The Morgan fingerprint density at radius 2 is 1.60 bits per heavy atom. The predicted octanol–water partition coefficient (Wildman–Crippen LogP) is 6.12. The Hall–Kier alpha value is -4.19. The predicted molar refractivity (Wildman–Crippen MR) is 158 cm³/mol. The summed E-state index contributed by atoms with van der Waals surface area (Å²) >= 11 is 0. The van der Waals surface area contributed by atoms with E-state index in [1.807, 2.05) is 105 Å². The number of allylic oxidation sites excluding steroid dienone is 2. The Kier molecular flexibility index (Phi) is 8.15. The van der Waals surface area contributed by atoms with E-state index in [2.05, 4.69) is 0 Å². The van der Waals surface area contributed by atoms with Gasteiger partial charge in [-0.3, -0.25) is 14.6 Å². The molecule has 3 aromatic rings. The number of ketones is 1. The number of esters is 1. The molecule has 6 heteroatoms. The van der Waals surface area contributed by atoms with Crippen LogP contribution in [0.3, 0.4) is 0 Å². The second-order valence-electron chi connectivity index (χ2n) is 10.8. The van der Waals surface area contributed by atoms with E-state index in [1.54, 1.807) is 7.11 Å². The van der Waals surface area contributed by atoms with Gasteiger partial charge in [0.1, 0.15) is 11.7 Å². The SMILES string of the molecule is COc1ccc([C@H]2CC(=O)C3=C(C2)N=C(C)C(C(=O)OCCc2ccccc2)[C@@H]3c2ccc(N(C)C)cc2)cc1. The molecule has 40 heavy (non-hydrogen) atoms. The summed E-state index contributed by atoms with van der Waals surface area (Å²) in [6, 6.07) is 26.0. The van der Waals surface area contributed by atoms with Crippen molar-refractivity contribution in [1.82, 2.24) is 0 Å². The van der Waals surface area contributed by atoms with Gasteiger partial charge in [0, 0.05) is 55.5 Å². The smallest absolute Gasteiger partial charge is 0.315 e. The zero-order valence-electron chi connectivity index (χ0n) is 23.6. The largest absolute Gasteiger partial charge is 0.497 e. The molecule has 1 aliphatic carbocycles. The Balaban J connectivity index is 1.46. The molecule has 1 heterocycles. The van der Waals surface area contributed by atoms with E-state index >= 15 is 0 Å². The van der Waals surface area contributed by atoms with E-state index in [9.17, 15) is 9.59 Å². The molecule has 1 unspecified atom stereocenters. The summed E-state index contributed by atoms with van der Waals surface area (Å²) in [5.41, 5.74) is 6.29. The van der Waals surface area contributed by atoms with Crippen molar-refractivity contribution in [3.63, 3.8) is 0 Å². The van der Waals surface area contributed by atoms with Crippen LogP contribution in [0.4, 0.5) is 5.69 Å². The molecule has 6 nitrogen and oxygen atoms in total. The fraction of sp³-hybridized carbons (Fsp3) is 0.324. The van der Waals surface area contributed by atoms with Crippen LogP contribution in [0.2, 0.25) is 0 Å². The summed E-state index contributed by atoms with van der Waals surface area (Å²) in [4.78, 5) is 34.4. The fourth-order valence-corrected chi connectivity index (χ4v) is 5.82. The first kappa shape index (κ1) is 27.4. The minimum atomic E-state index is -0.652. The molecule has 0 fully saturated rings. The number of nitrogens with zero attached hydrogens (tertiary/aromatic N) is 2. The molecule has 0 spiro atoms. The summed E-state index contributed by atoms with van der Waals surface area (Å²) in [6.07, 6.45) is 1.66. The molecule has 206 valence electrons. The van der Waals surface area contributed by atoms with Gasteiger partial charge in [-0.1, -0.05) is 54.6 Å². The van der Waals surface area contributed by atoms with Crippen LogP contribution in [0, 0.1) is 5.92 Å². The molecule has 2 aliphatic rings. The van der Waals surface area contributed by atoms with Gasteiger partial charge in [0.25, 0.3) is 0 Å². The molecule has 0 amide bonds. The van der Waals surface area contributed by atoms with Crippen molar-refractivity contribution in [3.8, 4) is 5.75 Å². The number of rotatable bonds is 8. The van der Waals surface area contributed by atoms with Gasteiger partial charge in [-0.05, 0) is 60.2 Å². The molecule has 0 bridgehead atoms. The highest BCUT2D eigenvalue weighted by Crippen LogP contribution is 2.47. The number of hydrogen-bond donors (Lipinski definition) is 0. The van der Waals surface area contributed by atoms with Crippen molar-refractivity contribution in [2.24, 2.45) is 10.9 Å². The van der Waals surface area contributed by atoms with Crippen LogP contribution in [0.5, 0.6) is 5.75 Å². The molecule has 3 atom stereocenters. The molecule has 0 aromatic heterocycles. The number of anilines is 1. The Morgan fingerprint density at radius 3 is 2.25 bits per heavy atom. The monoisotopic (exact) mass is 536 g/mol. The second kappa shape index (κ2) is 11.9. The van der Waals surface area contributed by atoms with Gasteiger partial charge in [0.2, 0.25) is 0 Å². The van der Waals surface area contributed by atoms with Crippen molar-refractivity contribution in [3.05, 3.63) is 107 Å². The van der Waals surface area contributed by atoms with Crippen molar-refractivity contribution in [1.29, 1.82) is 0 Å². The van der Waals surface area contributed by atoms with Crippen molar-refractivity contribution < 1.29 is 19.1 Å². The topological polar surface area (TPSA) is 68.2 Å². The standard InChI is InChI=1S/C34H36N2O4/c1-22-31(34(38)40-19-18-23-8-6-5-7-9-23)32(25-10-14-27(15-11-25)36(2)3)33-29(35-22)20-26(21-30(33)37)24-12-16-28(39-4)17-13-24/h5-17,26,31-32H,18-21H2,1-4H3/t26-,31?,32+/m1/s1. The third kappa shape index (κ3) is 5.71. The van der Waals surface area contributed by atoms with Crippen LogP contribution >= 0.6 is 0 Å². The van der Waals surface area contributed by atoms with Gasteiger partial charge in [-0.15, -0.1) is 0 Å². The highest BCUT2D eigenvalue weighted by molar-refractivity contribution is 6.09. The zero-order chi connectivity index (χ0) is 28.2. The molecule has 0 saturated carbocycles. The maximum atomic E-state index is 13.9. The average Bonchev–Trinajstić information content (AvgIpc) is 2.97. The van der Waals surface area contributed by atoms with Crippen LogP contribution in [0.1, 0.15) is 48.3 Å². The molecular formula is C34H36N2O4. The van der Waals surface area contributed by atoms with Crippen molar-refractivity contribution in [2.75, 3.05) is 32.7 Å². The van der Waals surface area contributed by atoms with E-state index in [1.165, 1.54) is 0 Å². The number of carbonyl (C=O) groups excluding carboxylic acids is 2. The van der Waals surface area contributed by atoms with Crippen LogP contribution in [0.25, 0.3) is 0 Å². The van der Waals surface area contributed by atoms with Crippen LogP contribution < -0.4 is 9.64 Å². The molecule has 0 saturated heterocycles.